The van der Waals surface area contributed by atoms with Crippen LogP contribution in [-0.2, 0) is 0 Å². The maximum atomic E-state index is 2.33. The molecule has 0 saturated heterocycles. The van der Waals surface area contributed by atoms with Gasteiger partial charge < -0.3 is 4.48 Å². The van der Waals surface area contributed by atoms with E-state index in [1.54, 1.807) is 0 Å². The summed E-state index contributed by atoms with van der Waals surface area (Å²) in [4.78, 5) is 0. The van der Waals surface area contributed by atoms with E-state index in [1.165, 1.54) is 31.2 Å². The Morgan fingerprint density at radius 1 is 1.00 bits per heavy atom. The molecule has 2 rings (SSSR count). The molecule has 1 aromatic carbocycles. The maximum Gasteiger partial charge on any atom is 0.117 e. The fraction of sp³-hybridized carbons (Fsp3) is 0.600. The summed E-state index contributed by atoms with van der Waals surface area (Å²) in [5, 5.41) is 0. The van der Waals surface area contributed by atoms with E-state index in [-0.39, 0.29) is 0 Å². The maximum absolute atomic E-state index is 2.33. The van der Waals surface area contributed by atoms with Gasteiger partial charge in [0.05, 0.1) is 21.1 Å². The highest BCUT2D eigenvalue weighted by molar-refractivity contribution is 5.18. The molecule has 16 heavy (non-hydrogen) atoms. The van der Waals surface area contributed by atoms with E-state index in [0.29, 0.717) is 6.04 Å². The summed E-state index contributed by atoms with van der Waals surface area (Å²) in [5.41, 5.74) is 1.52. The van der Waals surface area contributed by atoms with E-state index in [9.17, 15) is 0 Å². The standard InChI is InChI=1S/C15H24N/c1-16(2,3)15(14-11-7-8-12-14)13-9-5-4-6-10-13/h4-6,9-10,14-15H,7-8,11-12H2,1-3H3/q+1. The van der Waals surface area contributed by atoms with Gasteiger partial charge in [-0.05, 0) is 12.8 Å². The minimum Gasteiger partial charge on any atom is -0.324 e. The third-order valence-electron chi connectivity index (χ3n) is 3.82. The highest BCUT2D eigenvalue weighted by atomic mass is 15.3. The SMILES string of the molecule is C[N+](C)(C)C(c1ccccc1)C1CCCC1. The van der Waals surface area contributed by atoms with Crippen molar-refractivity contribution in [1.82, 2.24) is 0 Å². The molecule has 1 aliphatic carbocycles. The van der Waals surface area contributed by atoms with Crippen LogP contribution in [0.1, 0.15) is 37.3 Å². The van der Waals surface area contributed by atoms with Crippen LogP contribution in [0.25, 0.3) is 0 Å². The first-order valence-corrected chi connectivity index (χ1v) is 6.45. The topological polar surface area (TPSA) is 0 Å². The molecule has 0 heterocycles. The van der Waals surface area contributed by atoms with E-state index >= 15 is 0 Å². The van der Waals surface area contributed by atoms with Gasteiger partial charge in [0.2, 0.25) is 0 Å². The monoisotopic (exact) mass is 218 g/mol. The molecule has 0 aliphatic heterocycles. The second-order valence-corrected chi connectivity index (χ2v) is 6.02. The zero-order valence-corrected chi connectivity index (χ0v) is 10.8. The highest BCUT2D eigenvalue weighted by Gasteiger charge is 2.35. The molecule has 0 spiro atoms. The molecule has 1 fully saturated rings. The van der Waals surface area contributed by atoms with Crippen molar-refractivity contribution in [2.75, 3.05) is 21.1 Å². The van der Waals surface area contributed by atoms with Crippen LogP contribution in [0.15, 0.2) is 30.3 Å². The fourth-order valence-corrected chi connectivity index (χ4v) is 3.28. The molecular weight excluding hydrogens is 194 g/mol. The van der Waals surface area contributed by atoms with E-state index in [1.807, 2.05) is 0 Å². The number of hydrogen-bond donors (Lipinski definition) is 0. The van der Waals surface area contributed by atoms with E-state index < -0.39 is 0 Å². The van der Waals surface area contributed by atoms with E-state index in [0.717, 1.165) is 10.4 Å². The Kier molecular flexibility index (Phi) is 3.34. The smallest absolute Gasteiger partial charge is 0.117 e. The van der Waals surface area contributed by atoms with Gasteiger partial charge >= 0.3 is 0 Å². The third kappa shape index (κ3) is 2.46. The molecule has 0 N–H and O–H groups in total. The Morgan fingerprint density at radius 2 is 1.56 bits per heavy atom. The number of benzene rings is 1. The van der Waals surface area contributed by atoms with Gasteiger partial charge in [0.15, 0.2) is 0 Å². The lowest BCUT2D eigenvalue weighted by Crippen LogP contribution is -2.42. The van der Waals surface area contributed by atoms with Crippen LogP contribution in [-0.4, -0.2) is 25.6 Å². The van der Waals surface area contributed by atoms with Gasteiger partial charge in [-0.25, -0.2) is 0 Å². The molecule has 0 amide bonds. The van der Waals surface area contributed by atoms with Crippen LogP contribution in [0.3, 0.4) is 0 Å². The molecule has 0 radical (unpaired) electrons. The lowest BCUT2D eigenvalue weighted by Gasteiger charge is -2.38. The lowest BCUT2D eigenvalue weighted by atomic mass is 9.89. The highest BCUT2D eigenvalue weighted by Crippen LogP contribution is 2.40. The first-order valence-electron chi connectivity index (χ1n) is 6.45. The number of hydrogen-bond acceptors (Lipinski definition) is 0. The van der Waals surface area contributed by atoms with E-state index in [2.05, 4.69) is 51.5 Å². The van der Waals surface area contributed by atoms with Crippen molar-refractivity contribution >= 4 is 0 Å². The van der Waals surface area contributed by atoms with Crippen molar-refractivity contribution in [3.63, 3.8) is 0 Å². The molecule has 0 bridgehead atoms. The Morgan fingerprint density at radius 3 is 2.06 bits per heavy atom. The molecule has 1 saturated carbocycles. The molecule has 1 unspecified atom stereocenters. The summed E-state index contributed by atoms with van der Waals surface area (Å²) in [7, 11) is 6.99. The Labute approximate surface area is 99.7 Å². The third-order valence-corrected chi connectivity index (χ3v) is 3.82. The summed E-state index contributed by atoms with van der Waals surface area (Å²) < 4.78 is 1.05. The van der Waals surface area contributed by atoms with Crippen LogP contribution in [0.5, 0.6) is 0 Å². The first kappa shape index (κ1) is 11.7. The fourth-order valence-electron chi connectivity index (χ4n) is 3.28. The summed E-state index contributed by atoms with van der Waals surface area (Å²) >= 11 is 0. The predicted octanol–water partition coefficient (Wildman–Crippen LogP) is 3.62. The van der Waals surface area contributed by atoms with Gasteiger partial charge in [-0.3, -0.25) is 0 Å². The quantitative estimate of drug-likeness (QED) is 0.680. The predicted molar refractivity (Wildman–Crippen MR) is 69.2 cm³/mol. The minimum atomic E-state index is 0.670. The molecule has 88 valence electrons. The Bertz CT molecular complexity index is 317. The van der Waals surface area contributed by atoms with Crippen molar-refractivity contribution in [3.8, 4) is 0 Å². The van der Waals surface area contributed by atoms with Crippen LogP contribution >= 0.6 is 0 Å². The normalized spacial score (nSPS) is 19.9. The van der Waals surface area contributed by atoms with Crippen molar-refractivity contribution in [2.24, 2.45) is 5.92 Å². The van der Waals surface area contributed by atoms with Gasteiger partial charge in [-0.1, -0.05) is 43.2 Å². The van der Waals surface area contributed by atoms with Crippen molar-refractivity contribution in [2.45, 2.75) is 31.7 Å². The molecule has 1 heteroatoms. The Hall–Kier alpha value is -0.820. The zero-order valence-electron chi connectivity index (χ0n) is 10.8. The zero-order chi connectivity index (χ0) is 11.6. The second-order valence-electron chi connectivity index (χ2n) is 6.02. The van der Waals surface area contributed by atoms with Crippen LogP contribution in [0.4, 0.5) is 0 Å². The second kappa shape index (κ2) is 4.58. The largest absolute Gasteiger partial charge is 0.324 e. The molecule has 1 nitrogen and oxygen atoms in total. The van der Waals surface area contributed by atoms with Crippen molar-refractivity contribution < 1.29 is 4.48 Å². The average Bonchev–Trinajstić information content (AvgIpc) is 2.71. The molecule has 1 aromatic rings. The molecule has 1 atom stereocenters. The lowest BCUT2D eigenvalue weighted by molar-refractivity contribution is -0.906. The van der Waals surface area contributed by atoms with Crippen LogP contribution in [0.2, 0.25) is 0 Å². The number of nitrogens with zero attached hydrogens (tertiary/aromatic N) is 1. The summed E-state index contributed by atoms with van der Waals surface area (Å²) in [6, 6.07) is 11.7. The van der Waals surface area contributed by atoms with Gasteiger partial charge in [-0.15, -0.1) is 0 Å². The molecular formula is C15H24N+. The van der Waals surface area contributed by atoms with Crippen LogP contribution < -0.4 is 0 Å². The van der Waals surface area contributed by atoms with E-state index in [4.69, 9.17) is 0 Å². The van der Waals surface area contributed by atoms with Crippen molar-refractivity contribution in [1.29, 1.82) is 0 Å². The first-order chi connectivity index (χ1) is 7.59. The summed E-state index contributed by atoms with van der Waals surface area (Å²) in [6.45, 7) is 0. The summed E-state index contributed by atoms with van der Waals surface area (Å²) in [5.74, 6) is 0.877. The van der Waals surface area contributed by atoms with Crippen LogP contribution in [0, 0.1) is 5.92 Å². The molecule has 1 aliphatic rings. The minimum absolute atomic E-state index is 0.670. The average molecular weight is 218 g/mol. The Balaban J connectivity index is 2.28. The van der Waals surface area contributed by atoms with Gasteiger partial charge in [-0.2, -0.15) is 0 Å². The van der Waals surface area contributed by atoms with Gasteiger partial charge in [0, 0.05) is 11.5 Å². The molecule has 0 aromatic heterocycles. The van der Waals surface area contributed by atoms with Gasteiger partial charge in [0.25, 0.3) is 0 Å². The summed E-state index contributed by atoms with van der Waals surface area (Å²) in [6.07, 6.45) is 5.67. The number of rotatable bonds is 3. The van der Waals surface area contributed by atoms with Gasteiger partial charge in [0.1, 0.15) is 6.04 Å². The number of quaternary nitrogens is 1. The van der Waals surface area contributed by atoms with Crippen molar-refractivity contribution in [3.05, 3.63) is 35.9 Å².